The number of hydrogen-bond donors (Lipinski definition) is 0. The van der Waals surface area contributed by atoms with E-state index in [0.29, 0.717) is 18.6 Å². The van der Waals surface area contributed by atoms with Crippen molar-refractivity contribution in [1.29, 1.82) is 0 Å². The minimum Gasteiger partial charge on any atom is -0.299 e. The van der Waals surface area contributed by atoms with E-state index in [1.807, 2.05) is 11.4 Å². The Balaban J connectivity index is 1.71. The molecule has 0 N–H and O–H groups in total. The Hall–Kier alpha value is -0.450. The molecular formula is C13H13BrOS2. The third kappa shape index (κ3) is 4.37. The van der Waals surface area contributed by atoms with Crippen molar-refractivity contribution >= 4 is 44.4 Å². The molecule has 0 saturated heterocycles. The van der Waals surface area contributed by atoms with Crippen LogP contribution in [0.15, 0.2) is 33.4 Å². The molecule has 2 heterocycles. The van der Waals surface area contributed by atoms with Gasteiger partial charge in [-0.2, -0.15) is 0 Å². The van der Waals surface area contributed by atoms with Gasteiger partial charge in [0.1, 0.15) is 5.78 Å². The molecule has 17 heavy (non-hydrogen) atoms. The maximum absolute atomic E-state index is 11.7. The summed E-state index contributed by atoms with van der Waals surface area (Å²) in [5.41, 5.74) is 0. The molecule has 0 fully saturated rings. The third-order valence-corrected chi connectivity index (χ3v) is 5.09. The van der Waals surface area contributed by atoms with Gasteiger partial charge in [0.05, 0.1) is 0 Å². The fraction of sp³-hybridized carbons (Fsp3) is 0.308. The molecule has 0 saturated carbocycles. The molecule has 4 heteroatoms. The molecule has 0 aliphatic heterocycles. The van der Waals surface area contributed by atoms with Crippen molar-refractivity contribution in [3.8, 4) is 0 Å². The van der Waals surface area contributed by atoms with Gasteiger partial charge in [0.25, 0.3) is 0 Å². The van der Waals surface area contributed by atoms with Crippen molar-refractivity contribution in [2.75, 3.05) is 0 Å². The zero-order valence-electron chi connectivity index (χ0n) is 9.32. The van der Waals surface area contributed by atoms with Gasteiger partial charge in [-0.05, 0) is 46.3 Å². The summed E-state index contributed by atoms with van der Waals surface area (Å²) < 4.78 is 1.07. The van der Waals surface area contributed by atoms with Gasteiger partial charge >= 0.3 is 0 Å². The van der Waals surface area contributed by atoms with E-state index in [4.69, 9.17) is 0 Å². The van der Waals surface area contributed by atoms with Gasteiger partial charge < -0.3 is 0 Å². The number of carbonyl (C=O) groups excluding carboxylic acids is 1. The summed E-state index contributed by atoms with van der Waals surface area (Å²) in [5, 5.41) is 4.11. The van der Waals surface area contributed by atoms with E-state index in [2.05, 4.69) is 33.4 Å². The number of rotatable bonds is 6. The van der Waals surface area contributed by atoms with Crippen LogP contribution in [0.4, 0.5) is 0 Å². The van der Waals surface area contributed by atoms with Crippen LogP contribution in [0.5, 0.6) is 0 Å². The molecule has 0 amide bonds. The molecule has 1 nitrogen and oxygen atoms in total. The standard InChI is InChI=1S/C13H13BrOS2/c14-10-7-13(17-9-10)8-11(15)3-1-4-12-5-2-6-16-12/h2,5-7,9H,1,3-4,8H2. The van der Waals surface area contributed by atoms with Gasteiger partial charge in [0.15, 0.2) is 0 Å². The largest absolute Gasteiger partial charge is 0.299 e. The number of aryl methyl sites for hydroxylation is 1. The fourth-order valence-electron chi connectivity index (χ4n) is 1.64. The lowest BCUT2D eigenvalue weighted by Crippen LogP contribution is -2.01. The molecule has 0 aromatic carbocycles. The summed E-state index contributed by atoms with van der Waals surface area (Å²) in [6.45, 7) is 0. The van der Waals surface area contributed by atoms with E-state index in [-0.39, 0.29) is 0 Å². The summed E-state index contributed by atoms with van der Waals surface area (Å²) in [5.74, 6) is 0.343. The molecular weight excluding hydrogens is 316 g/mol. The van der Waals surface area contributed by atoms with Gasteiger partial charge in [0, 0.05) is 32.4 Å². The highest BCUT2D eigenvalue weighted by molar-refractivity contribution is 9.10. The fourth-order valence-corrected chi connectivity index (χ4v) is 3.87. The molecule has 2 rings (SSSR count). The highest BCUT2D eigenvalue weighted by Crippen LogP contribution is 2.21. The normalized spacial score (nSPS) is 10.6. The second-order valence-corrected chi connectivity index (χ2v) is 6.82. The summed E-state index contributed by atoms with van der Waals surface area (Å²) in [6, 6.07) is 6.22. The zero-order chi connectivity index (χ0) is 12.1. The van der Waals surface area contributed by atoms with Gasteiger partial charge in [-0.3, -0.25) is 4.79 Å². The molecule has 2 aromatic heterocycles. The number of halogens is 1. The molecule has 0 aliphatic rings. The van der Waals surface area contributed by atoms with Gasteiger partial charge in [-0.15, -0.1) is 22.7 Å². The van der Waals surface area contributed by atoms with Crippen LogP contribution in [0.3, 0.4) is 0 Å². The molecule has 2 aromatic rings. The molecule has 0 unspecified atom stereocenters. The van der Waals surface area contributed by atoms with Crippen molar-refractivity contribution in [1.82, 2.24) is 0 Å². The average molecular weight is 329 g/mol. The Kier molecular flexibility index (Phi) is 4.95. The van der Waals surface area contributed by atoms with E-state index >= 15 is 0 Å². The predicted molar refractivity (Wildman–Crippen MR) is 78.0 cm³/mol. The summed E-state index contributed by atoms with van der Waals surface area (Å²) in [4.78, 5) is 14.3. The van der Waals surface area contributed by atoms with Crippen molar-refractivity contribution in [3.63, 3.8) is 0 Å². The molecule has 0 atom stereocenters. The molecule has 0 aliphatic carbocycles. The minimum absolute atomic E-state index is 0.343. The summed E-state index contributed by atoms with van der Waals surface area (Å²) >= 11 is 6.81. The van der Waals surface area contributed by atoms with Crippen molar-refractivity contribution in [2.45, 2.75) is 25.7 Å². The predicted octanol–water partition coefficient (Wildman–Crippen LogP) is 4.71. The Morgan fingerprint density at radius 2 is 2.18 bits per heavy atom. The van der Waals surface area contributed by atoms with E-state index in [1.54, 1.807) is 22.7 Å². The zero-order valence-corrected chi connectivity index (χ0v) is 12.5. The van der Waals surface area contributed by atoms with E-state index in [1.165, 1.54) is 4.88 Å². The average Bonchev–Trinajstić information content (AvgIpc) is 2.90. The lowest BCUT2D eigenvalue weighted by Gasteiger charge is -1.98. The second-order valence-electron chi connectivity index (χ2n) is 3.88. The topological polar surface area (TPSA) is 17.1 Å². The van der Waals surface area contributed by atoms with Crippen LogP contribution >= 0.6 is 38.6 Å². The van der Waals surface area contributed by atoms with Gasteiger partial charge in [0.2, 0.25) is 0 Å². The van der Waals surface area contributed by atoms with Crippen LogP contribution in [0.2, 0.25) is 0 Å². The number of ketones is 1. The van der Waals surface area contributed by atoms with E-state index in [9.17, 15) is 4.79 Å². The highest BCUT2D eigenvalue weighted by Gasteiger charge is 2.06. The third-order valence-electron chi connectivity index (χ3n) is 2.45. The van der Waals surface area contributed by atoms with Gasteiger partial charge in [-0.25, -0.2) is 0 Å². The Labute approximate surface area is 118 Å². The number of Topliss-reactive ketones (excluding diaryl/α,β-unsaturated/α-hetero) is 1. The van der Waals surface area contributed by atoms with E-state index < -0.39 is 0 Å². The van der Waals surface area contributed by atoms with Crippen LogP contribution in [0.1, 0.15) is 22.6 Å². The smallest absolute Gasteiger partial charge is 0.138 e. The first-order chi connectivity index (χ1) is 8.24. The number of thiophene rings is 2. The monoisotopic (exact) mass is 328 g/mol. The second kappa shape index (κ2) is 6.47. The maximum Gasteiger partial charge on any atom is 0.138 e. The van der Waals surface area contributed by atoms with Crippen LogP contribution < -0.4 is 0 Å². The summed E-state index contributed by atoms with van der Waals surface area (Å²) in [6.07, 6.45) is 3.26. The number of carbonyl (C=O) groups is 1. The highest BCUT2D eigenvalue weighted by atomic mass is 79.9. The van der Waals surface area contributed by atoms with Crippen molar-refractivity contribution < 1.29 is 4.79 Å². The Bertz CT molecular complexity index is 473. The van der Waals surface area contributed by atoms with Crippen LogP contribution in [-0.2, 0) is 17.6 Å². The van der Waals surface area contributed by atoms with E-state index in [0.717, 1.165) is 22.2 Å². The SMILES string of the molecule is O=C(CCCc1cccs1)Cc1cc(Br)cs1. The van der Waals surface area contributed by atoms with Crippen LogP contribution in [0.25, 0.3) is 0 Å². The lowest BCUT2D eigenvalue weighted by atomic mass is 10.1. The van der Waals surface area contributed by atoms with Crippen LogP contribution in [-0.4, -0.2) is 5.78 Å². The summed E-state index contributed by atoms with van der Waals surface area (Å²) in [7, 11) is 0. The maximum atomic E-state index is 11.7. The Morgan fingerprint density at radius 1 is 1.29 bits per heavy atom. The lowest BCUT2D eigenvalue weighted by molar-refractivity contribution is -0.118. The first kappa shape index (κ1) is 13.0. The van der Waals surface area contributed by atoms with Crippen molar-refractivity contribution in [2.24, 2.45) is 0 Å². The first-order valence-corrected chi connectivity index (χ1v) is 8.06. The molecule has 90 valence electrons. The van der Waals surface area contributed by atoms with Gasteiger partial charge in [-0.1, -0.05) is 6.07 Å². The minimum atomic E-state index is 0.343. The van der Waals surface area contributed by atoms with Crippen LogP contribution in [0, 0.1) is 0 Å². The molecule has 0 bridgehead atoms. The quantitative estimate of drug-likeness (QED) is 0.750. The molecule has 0 radical (unpaired) electrons. The van der Waals surface area contributed by atoms with Crippen molar-refractivity contribution in [3.05, 3.63) is 43.2 Å². The first-order valence-electron chi connectivity index (χ1n) is 5.51. The number of hydrogen-bond acceptors (Lipinski definition) is 3. The Morgan fingerprint density at radius 3 is 2.82 bits per heavy atom. The molecule has 0 spiro atoms.